The molecule has 0 radical (unpaired) electrons. The van der Waals surface area contributed by atoms with Crippen molar-refractivity contribution in [2.45, 2.75) is 213 Å². The van der Waals surface area contributed by atoms with Gasteiger partial charge >= 0.3 is 23.9 Å². The van der Waals surface area contributed by atoms with E-state index in [0.29, 0.717) is 32.1 Å². The monoisotopic (exact) mass is 997 g/mol. The summed E-state index contributed by atoms with van der Waals surface area (Å²) in [5, 5.41) is 85.7. The van der Waals surface area contributed by atoms with Crippen molar-refractivity contribution in [2.75, 3.05) is 13.2 Å². The molecular weight excluding hydrogens is 917 g/mol. The van der Waals surface area contributed by atoms with E-state index in [9.17, 15) is 60.0 Å². The van der Waals surface area contributed by atoms with Gasteiger partial charge in [-0.15, -0.1) is 0 Å². The van der Waals surface area contributed by atoms with E-state index in [0.717, 1.165) is 18.4 Å². The van der Waals surface area contributed by atoms with Crippen LogP contribution in [-0.2, 0) is 52.3 Å². The molecule has 21 atom stereocenters. The number of carboxylic acid groups (broad SMARTS) is 1. The molecule has 70 heavy (non-hydrogen) atoms. The van der Waals surface area contributed by atoms with Crippen LogP contribution in [0.15, 0.2) is 11.6 Å². The summed E-state index contributed by atoms with van der Waals surface area (Å²) >= 11 is 0. The highest BCUT2D eigenvalue weighted by Gasteiger charge is 2.74. The third-order valence-electron chi connectivity index (χ3n) is 18.9. The maximum absolute atomic E-state index is 13.7. The standard InChI is InChI=1S/C51H80O19/c1-23(2)18-33(56)68-42-41(65-25(4)55)46(5,6)19-27-26-12-13-30-48(9)16-15-31(47(7,8)29(48)14-17-49(30,10)50(26,11)20-32(64-24(3)54)51(27,42)22-53)67-45-40(37(60)36(59)39(69-45)43(62)63)70-44-38(61)35(58)34(57)28(21-52)66-44/h12,23,27-32,34-42,44-45,52-53,57-61H,13-22H2,1-11H3,(H,62,63)/t27-,28+,29-,30+,31-,32+,34-,35-,36-,37-,38+,39-,40+,41-,42-,44-,45+,48-,49+,50+,51-/m0/s1. The third-order valence-corrected chi connectivity index (χ3v) is 18.9. The number of ether oxygens (including phenoxy) is 7. The van der Waals surface area contributed by atoms with Gasteiger partial charge in [-0.2, -0.15) is 0 Å². The molecule has 4 saturated carbocycles. The van der Waals surface area contributed by atoms with Crippen molar-refractivity contribution in [3.8, 4) is 0 Å². The van der Waals surface area contributed by atoms with Crippen molar-refractivity contribution >= 4 is 23.9 Å². The van der Waals surface area contributed by atoms with Crippen molar-refractivity contribution in [1.29, 1.82) is 0 Å². The van der Waals surface area contributed by atoms with Gasteiger partial charge in [-0.05, 0) is 90.3 Å². The summed E-state index contributed by atoms with van der Waals surface area (Å²) < 4.78 is 42.9. The predicted octanol–water partition coefficient (Wildman–Crippen LogP) is 2.53. The summed E-state index contributed by atoms with van der Waals surface area (Å²) in [6.45, 7) is 20.2. The summed E-state index contributed by atoms with van der Waals surface area (Å²) in [7, 11) is 0. The molecule has 0 aromatic heterocycles. The number of fused-ring (bicyclic) bond motifs is 7. The molecule has 2 heterocycles. The molecule has 0 amide bonds. The molecule has 0 unspecified atom stereocenters. The molecule has 0 bridgehead atoms. The molecule has 7 aliphatic rings. The first-order chi connectivity index (χ1) is 32.5. The van der Waals surface area contributed by atoms with Crippen molar-refractivity contribution in [3.63, 3.8) is 0 Å². The minimum Gasteiger partial charge on any atom is -0.479 e. The second-order valence-corrected chi connectivity index (χ2v) is 24.2. The van der Waals surface area contributed by atoms with Crippen molar-refractivity contribution in [1.82, 2.24) is 0 Å². The molecule has 2 saturated heterocycles. The number of aliphatic hydroxyl groups is 7. The number of allylic oxidation sites excluding steroid dienone is 2. The first-order valence-electron chi connectivity index (χ1n) is 25.2. The van der Waals surface area contributed by atoms with Gasteiger partial charge in [0.25, 0.3) is 0 Å². The minimum absolute atomic E-state index is 0.00167. The molecule has 0 spiro atoms. The van der Waals surface area contributed by atoms with Crippen LogP contribution in [0.2, 0.25) is 0 Å². The molecule has 0 aromatic rings. The molecule has 398 valence electrons. The maximum Gasteiger partial charge on any atom is 0.335 e. The number of aliphatic hydroxyl groups excluding tert-OH is 7. The quantitative estimate of drug-likeness (QED) is 0.0603. The van der Waals surface area contributed by atoms with Gasteiger partial charge in [0.1, 0.15) is 54.9 Å². The van der Waals surface area contributed by atoms with Crippen LogP contribution in [0.3, 0.4) is 0 Å². The zero-order valence-corrected chi connectivity index (χ0v) is 42.6. The highest BCUT2D eigenvalue weighted by atomic mass is 16.8. The maximum atomic E-state index is 13.7. The van der Waals surface area contributed by atoms with E-state index in [2.05, 4.69) is 40.7 Å². The van der Waals surface area contributed by atoms with E-state index in [1.165, 1.54) is 13.8 Å². The number of aliphatic carboxylic acids is 1. The predicted molar refractivity (Wildman–Crippen MR) is 245 cm³/mol. The first kappa shape index (κ1) is 54.9. The summed E-state index contributed by atoms with van der Waals surface area (Å²) in [5.74, 6) is -3.60. The number of hydrogen-bond donors (Lipinski definition) is 8. The van der Waals surface area contributed by atoms with Gasteiger partial charge < -0.3 is 74.0 Å². The minimum atomic E-state index is -2.00. The van der Waals surface area contributed by atoms with E-state index in [1.807, 2.05) is 27.7 Å². The second kappa shape index (κ2) is 19.5. The Bertz CT molecular complexity index is 2000. The lowest BCUT2D eigenvalue weighted by molar-refractivity contribution is -0.374. The summed E-state index contributed by atoms with van der Waals surface area (Å²) in [6, 6.07) is 0. The Morgan fingerprint density at radius 2 is 1.39 bits per heavy atom. The van der Waals surface area contributed by atoms with E-state index < -0.39 is 156 Å². The Morgan fingerprint density at radius 3 is 1.97 bits per heavy atom. The van der Waals surface area contributed by atoms with Gasteiger partial charge in [0.05, 0.1) is 24.7 Å². The molecule has 0 aromatic carbocycles. The van der Waals surface area contributed by atoms with Crippen LogP contribution < -0.4 is 0 Å². The topological polar surface area (TPSA) is 295 Å². The number of esters is 3. The summed E-state index contributed by atoms with van der Waals surface area (Å²) in [4.78, 5) is 52.1. The molecule has 5 aliphatic carbocycles. The summed E-state index contributed by atoms with van der Waals surface area (Å²) in [5.41, 5.74) is -2.97. The summed E-state index contributed by atoms with van der Waals surface area (Å²) in [6.07, 6.45) is -15.0. The van der Waals surface area contributed by atoms with Gasteiger partial charge in [-0.1, -0.05) is 74.0 Å². The van der Waals surface area contributed by atoms with E-state index in [-0.39, 0.29) is 29.6 Å². The number of carboxylic acids is 1. The van der Waals surface area contributed by atoms with Crippen LogP contribution in [0.1, 0.15) is 128 Å². The van der Waals surface area contributed by atoms with Crippen LogP contribution >= 0.6 is 0 Å². The molecule has 19 heteroatoms. The fraction of sp³-hybridized carbons (Fsp3) is 0.882. The van der Waals surface area contributed by atoms with E-state index in [4.69, 9.17) is 33.2 Å². The molecular formula is C51H80O19. The largest absolute Gasteiger partial charge is 0.479 e. The van der Waals surface area contributed by atoms with Crippen molar-refractivity contribution in [2.24, 2.45) is 56.2 Å². The normalized spacial score (nSPS) is 47.3. The van der Waals surface area contributed by atoms with E-state index in [1.54, 1.807) is 0 Å². The number of carbonyl (C=O) groups is 4. The lowest BCUT2D eigenvalue weighted by Crippen LogP contribution is -2.73. The Kier molecular flexibility index (Phi) is 15.3. The Morgan fingerprint density at radius 1 is 0.729 bits per heavy atom. The average Bonchev–Trinajstić information content (AvgIpc) is 3.25. The zero-order chi connectivity index (χ0) is 52.0. The van der Waals surface area contributed by atoms with Crippen LogP contribution in [0, 0.1) is 56.2 Å². The Labute approximate surface area is 410 Å². The molecule has 8 N–H and O–H groups in total. The smallest absolute Gasteiger partial charge is 0.335 e. The van der Waals surface area contributed by atoms with Crippen molar-refractivity contribution in [3.05, 3.63) is 11.6 Å². The number of carbonyl (C=O) groups excluding carboxylic acids is 3. The van der Waals surface area contributed by atoms with Crippen molar-refractivity contribution < 1.29 is 93.2 Å². The Hall–Kier alpha value is -2.82. The number of hydrogen-bond acceptors (Lipinski definition) is 18. The average molecular weight is 997 g/mol. The highest BCUT2D eigenvalue weighted by Crippen LogP contribution is 2.76. The van der Waals surface area contributed by atoms with Crippen LogP contribution in [0.4, 0.5) is 0 Å². The van der Waals surface area contributed by atoms with Gasteiger partial charge in [0.2, 0.25) is 0 Å². The molecule has 7 rings (SSSR count). The van der Waals surface area contributed by atoms with Crippen LogP contribution in [0.5, 0.6) is 0 Å². The van der Waals surface area contributed by atoms with Gasteiger partial charge in [0.15, 0.2) is 24.8 Å². The SMILES string of the molecule is CC(=O)O[C@H]1[C@H](OC(=O)CC(C)C)[C@]2(CO)[C@H](OC(C)=O)C[C@]3(C)C(=CC[C@@H]4[C@@]5(C)CC[C@H](O[C@@H]6O[C@H](C(=O)O)[C@@H](O)[C@H](O)[C@H]6O[C@@H]6O[C@H](CO)[C@H](O)[C@H](O)[C@H]6O)C(C)(C)[C@@H]5CC[C@]43C)[C@@H]2CC1(C)C. The lowest BCUT2D eigenvalue weighted by Gasteiger charge is -2.72. The molecule has 6 fully saturated rings. The van der Waals surface area contributed by atoms with Gasteiger partial charge in [0, 0.05) is 25.7 Å². The van der Waals surface area contributed by atoms with E-state index >= 15 is 0 Å². The van der Waals surface area contributed by atoms with Gasteiger partial charge in [-0.3, -0.25) is 14.4 Å². The Balaban J connectivity index is 1.23. The third kappa shape index (κ3) is 8.85. The fourth-order valence-corrected chi connectivity index (χ4v) is 15.3. The highest BCUT2D eigenvalue weighted by molar-refractivity contribution is 5.73. The van der Waals surface area contributed by atoms with Gasteiger partial charge in [-0.25, -0.2) is 4.79 Å². The fourth-order valence-electron chi connectivity index (χ4n) is 15.3. The lowest BCUT2D eigenvalue weighted by atomic mass is 9.33. The van der Waals surface area contributed by atoms with Crippen LogP contribution in [-0.4, -0.2) is 164 Å². The molecule has 2 aliphatic heterocycles. The second-order valence-electron chi connectivity index (χ2n) is 24.2. The van der Waals surface area contributed by atoms with Crippen LogP contribution in [0.25, 0.3) is 0 Å². The molecule has 19 nitrogen and oxygen atoms in total. The zero-order valence-electron chi connectivity index (χ0n) is 42.6. The number of rotatable bonds is 12. The first-order valence-corrected chi connectivity index (χ1v) is 25.2.